The number of non-ortho nitro benzene ring substituents is 1. The summed E-state index contributed by atoms with van der Waals surface area (Å²) in [5, 5.41) is 29.2. The van der Waals surface area contributed by atoms with Gasteiger partial charge in [0.15, 0.2) is 0 Å². The van der Waals surface area contributed by atoms with E-state index in [2.05, 4.69) is 0 Å². The molecular weight excluding hydrogens is 304 g/mol. The number of morpholine rings is 1. The van der Waals surface area contributed by atoms with Crippen LogP contribution in [0.3, 0.4) is 0 Å². The van der Waals surface area contributed by atoms with Crippen LogP contribution in [0.25, 0.3) is 0 Å². The summed E-state index contributed by atoms with van der Waals surface area (Å²) in [6, 6.07) is 2.10. The van der Waals surface area contributed by atoms with E-state index >= 15 is 0 Å². The molecule has 1 aliphatic heterocycles. The quantitative estimate of drug-likeness (QED) is 0.632. The van der Waals surface area contributed by atoms with Crippen molar-refractivity contribution in [1.29, 1.82) is 0 Å². The fourth-order valence-electron chi connectivity index (χ4n) is 2.21. The normalized spacial score (nSPS) is 18.6. The molecule has 1 aromatic carbocycles. The minimum atomic E-state index is -1.30. The minimum Gasteiger partial charge on any atom is -0.478 e. The maximum Gasteiger partial charge on any atom is 0.338 e. The van der Waals surface area contributed by atoms with Crippen molar-refractivity contribution in [3.05, 3.63) is 32.8 Å². The Morgan fingerprint density at radius 3 is 2.86 bits per heavy atom. The van der Waals surface area contributed by atoms with E-state index in [1.165, 1.54) is 0 Å². The molecule has 0 radical (unpaired) electrons. The summed E-state index contributed by atoms with van der Waals surface area (Å²) in [4.78, 5) is 23.1. The first-order valence-corrected chi connectivity index (χ1v) is 6.50. The van der Waals surface area contributed by atoms with E-state index in [4.69, 9.17) is 21.4 Å². The Morgan fingerprint density at radius 2 is 2.29 bits per heavy atom. The number of hydrogen-bond acceptors (Lipinski definition) is 6. The largest absolute Gasteiger partial charge is 0.478 e. The third-order valence-corrected chi connectivity index (χ3v) is 3.44. The van der Waals surface area contributed by atoms with Crippen molar-refractivity contribution in [2.45, 2.75) is 6.10 Å². The number of aliphatic hydroxyl groups is 1. The Hall–Kier alpha value is -1.90. The number of aromatic carboxylic acids is 1. The molecule has 1 aliphatic rings. The first-order valence-electron chi connectivity index (χ1n) is 6.12. The number of nitro groups is 1. The van der Waals surface area contributed by atoms with Crippen LogP contribution in [0.15, 0.2) is 12.1 Å². The monoisotopic (exact) mass is 316 g/mol. The molecule has 2 rings (SSSR count). The standard InChI is InChI=1S/C12H13ClN2O6/c13-10-4-7(15(19)20)3-9(12(17)18)11(10)14-1-2-21-8(5-14)6-16/h3-4,8,16H,1-2,5-6H2,(H,17,18). The van der Waals surface area contributed by atoms with Crippen LogP contribution < -0.4 is 4.90 Å². The lowest BCUT2D eigenvalue weighted by Crippen LogP contribution is -2.44. The van der Waals surface area contributed by atoms with Gasteiger partial charge in [0.2, 0.25) is 0 Å². The molecule has 2 N–H and O–H groups in total. The summed E-state index contributed by atoms with van der Waals surface area (Å²) in [5.74, 6) is -1.30. The molecule has 1 heterocycles. The molecule has 0 bridgehead atoms. The first kappa shape index (κ1) is 15.5. The van der Waals surface area contributed by atoms with E-state index in [1.54, 1.807) is 4.90 Å². The molecule has 8 nitrogen and oxygen atoms in total. The number of anilines is 1. The number of carbonyl (C=O) groups is 1. The maximum atomic E-state index is 11.4. The molecule has 0 amide bonds. The molecule has 1 saturated heterocycles. The van der Waals surface area contributed by atoms with Gasteiger partial charge in [-0.3, -0.25) is 10.1 Å². The zero-order valence-corrected chi connectivity index (χ0v) is 11.6. The lowest BCUT2D eigenvalue weighted by Gasteiger charge is -2.34. The van der Waals surface area contributed by atoms with Crippen LogP contribution in [-0.4, -0.2) is 53.5 Å². The number of rotatable bonds is 4. The highest BCUT2D eigenvalue weighted by Crippen LogP contribution is 2.35. The summed E-state index contributed by atoms with van der Waals surface area (Å²) in [5.41, 5.74) is -0.419. The van der Waals surface area contributed by atoms with Crippen LogP contribution in [-0.2, 0) is 4.74 Å². The van der Waals surface area contributed by atoms with Gasteiger partial charge in [0, 0.05) is 25.2 Å². The predicted octanol–water partition coefficient (Wildman–Crippen LogP) is 1.14. The molecule has 21 heavy (non-hydrogen) atoms. The van der Waals surface area contributed by atoms with Crippen LogP contribution in [0.2, 0.25) is 5.02 Å². The molecule has 114 valence electrons. The lowest BCUT2D eigenvalue weighted by molar-refractivity contribution is -0.384. The average molecular weight is 317 g/mol. The molecule has 1 fully saturated rings. The van der Waals surface area contributed by atoms with Gasteiger partial charge in [-0.05, 0) is 0 Å². The van der Waals surface area contributed by atoms with E-state index < -0.39 is 17.0 Å². The predicted molar refractivity (Wildman–Crippen MR) is 74.1 cm³/mol. The Morgan fingerprint density at radius 1 is 1.57 bits per heavy atom. The number of carboxylic acid groups (broad SMARTS) is 1. The van der Waals surface area contributed by atoms with E-state index in [0.29, 0.717) is 13.2 Å². The molecule has 0 saturated carbocycles. The van der Waals surface area contributed by atoms with Gasteiger partial charge in [0.1, 0.15) is 0 Å². The highest BCUT2D eigenvalue weighted by molar-refractivity contribution is 6.34. The van der Waals surface area contributed by atoms with Gasteiger partial charge in [0.05, 0.1) is 40.5 Å². The second-order valence-electron chi connectivity index (χ2n) is 4.51. The van der Waals surface area contributed by atoms with Gasteiger partial charge in [-0.15, -0.1) is 0 Å². The number of benzene rings is 1. The van der Waals surface area contributed by atoms with E-state index in [0.717, 1.165) is 12.1 Å². The summed E-state index contributed by atoms with van der Waals surface area (Å²) < 4.78 is 5.29. The van der Waals surface area contributed by atoms with Crippen molar-refractivity contribution in [3.8, 4) is 0 Å². The summed E-state index contributed by atoms with van der Waals surface area (Å²) in [6.45, 7) is 0.740. The smallest absolute Gasteiger partial charge is 0.338 e. The van der Waals surface area contributed by atoms with Gasteiger partial charge in [-0.1, -0.05) is 11.6 Å². The summed E-state index contributed by atoms with van der Waals surface area (Å²) in [6.07, 6.45) is -0.452. The van der Waals surface area contributed by atoms with Crippen LogP contribution in [0.5, 0.6) is 0 Å². The van der Waals surface area contributed by atoms with Crippen molar-refractivity contribution in [1.82, 2.24) is 0 Å². The van der Waals surface area contributed by atoms with Gasteiger partial charge >= 0.3 is 5.97 Å². The molecule has 1 atom stereocenters. The van der Waals surface area contributed by atoms with Crippen molar-refractivity contribution < 1.29 is 24.7 Å². The average Bonchev–Trinajstić information content (AvgIpc) is 2.46. The number of nitrogens with zero attached hydrogens (tertiary/aromatic N) is 2. The number of aliphatic hydroxyl groups excluding tert-OH is 1. The molecule has 0 aromatic heterocycles. The fraction of sp³-hybridized carbons (Fsp3) is 0.417. The number of halogens is 1. The summed E-state index contributed by atoms with van der Waals surface area (Å²) >= 11 is 6.03. The fourth-order valence-corrected chi connectivity index (χ4v) is 2.54. The number of ether oxygens (including phenoxy) is 1. The topological polar surface area (TPSA) is 113 Å². The van der Waals surface area contributed by atoms with Crippen LogP contribution >= 0.6 is 11.6 Å². The zero-order valence-electron chi connectivity index (χ0n) is 10.9. The van der Waals surface area contributed by atoms with Crippen LogP contribution in [0.1, 0.15) is 10.4 Å². The molecular formula is C12H13ClN2O6. The van der Waals surface area contributed by atoms with E-state index in [9.17, 15) is 20.0 Å². The third-order valence-electron chi connectivity index (χ3n) is 3.15. The van der Waals surface area contributed by atoms with Gasteiger partial charge in [0.25, 0.3) is 5.69 Å². The van der Waals surface area contributed by atoms with Gasteiger partial charge < -0.3 is 19.8 Å². The Labute approximate surface area is 124 Å². The SMILES string of the molecule is O=C(O)c1cc([N+](=O)[O-])cc(Cl)c1N1CCOC(CO)C1. The zero-order chi connectivity index (χ0) is 15.6. The maximum absolute atomic E-state index is 11.4. The number of nitro benzene ring substituents is 1. The second kappa shape index (κ2) is 6.25. The molecule has 9 heteroatoms. The second-order valence-corrected chi connectivity index (χ2v) is 4.91. The highest BCUT2D eigenvalue weighted by Gasteiger charge is 2.28. The Kier molecular flexibility index (Phi) is 4.61. The van der Waals surface area contributed by atoms with Gasteiger partial charge in [-0.2, -0.15) is 0 Å². The van der Waals surface area contributed by atoms with Crippen molar-refractivity contribution in [3.63, 3.8) is 0 Å². The number of carboxylic acids is 1. The molecule has 0 aliphatic carbocycles. The summed E-state index contributed by atoms with van der Waals surface area (Å²) in [7, 11) is 0. The van der Waals surface area contributed by atoms with E-state index in [1.807, 2.05) is 0 Å². The molecule has 1 aromatic rings. The number of hydrogen-bond donors (Lipinski definition) is 2. The van der Waals surface area contributed by atoms with Crippen LogP contribution in [0, 0.1) is 10.1 Å². The lowest BCUT2D eigenvalue weighted by atomic mass is 10.1. The van der Waals surface area contributed by atoms with Crippen molar-refractivity contribution >= 4 is 28.9 Å². The van der Waals surface area contributed by atoms with Gasteiger partial charge in [-0.25, -0.2) is 4.79 Å². The minimum absolute atomic E-state index is 0.0137. The highest BCUT2D eigenvalue weighted by atomic mass is 35.5. The Bertz CT molecular complexity index is 579. The first-order chi connectivity index (χ1) is 9.93. The van der Waals surface area contributed by atoms with E-state index in [-0.39, 0.29) is 35.1 Å². The Balaban J connectivity index is 2.46. The van der Waals surface area contributed by atoms with Crippen molar-refractivity contribution in [2.75, 3.05) is 31.2 Å². The molecule has 1 unspecified atom stereocenters. The van der Waals surface area contributed by atoms with Crippen molar-refractivity contribution in [2.24, 2.45) is 0 Å². The van der Waals surface area contributed by atoms with Crippen LogP contribution in [0.4, 0.5) is 11.4 Å². The third kappa shape index (κ3) is 3.23. The molecule has 0 spiro atoms.